The van der Waals surface area contributed by atoms with Gasteiger partial charge in [0.1, 0.15) is 6.04 Å². The van der Waals surface area contributed by atoms with E-state index < -0.39 is 11.9 Å². The zero-order chi connectivity index (χ0) is 26.2. The number of pyridine rings is 1. The number of carbonyl (C=O) groups is 2. The van der Waals surface area contributed by atoms with Crippen molar-refractivity contribution in [1.29, 1.82) is 0 Å². The molecule has 8 heteroatoms. The Kier molecular flexibility index (Phi) is 9.56. The van der Waals surface area contributed by atoms with Crippen LogP contribution >= 0.6 is 23.2 Å². The van der Waals surface area contributed by atoms with Crippen LogP contribution in [0.4, 0.5) is 0 Å². The largest absolute Gasteiger partial charge is 0.378 e. The highest BCUT2D eigenvalue weighted by atomic mass is 35.5. The van der Waals surface area contributed by atoms with Gasteiger partial charge in [0.25, 0.3) is 0 Å². The Bertz CT molecular complexity index is 1190. The highest BCUT2D eigenvalue weighted by Gasteiger charge is 2.37. The van der Waals surface area contributed by atoms with Crippen molar-refractivity contribution >= 4 is 35.0 Å². The van der Waals surface area contributed by atoms with Gasteiger partial charge in [0.15, 0.2) is 0 Å². The van der Waals surface area contributed by atoms with E-state index >= 15 is 0 Å². The van der Waals surface area contributed by atoms with Gasteiger partial charge < -0.3 is 15.8 Å². The summed E-state index contributed by atoms with van der Waals surface area (Å²) < 4.78 is 6.32. The number of carbonyl (C=O) groups excluding carboxylic acids is 2. The molecule has 0 aliphatic heterocycles. The van der Waals surface area contributed by atoms with Crippen LogP contribution in [0.3, 0.4) is 0 Å². The van der Waals surface area contributed by atoms with Gasteiger partial charge in [0, 0.05) is 37.8 Å². The third-order valence-corrected chi connectivity index (χ3v) is 7.61. The summed E-state index contributed by atoms with van der Waals surface area (Å²) in [4.78, 5) is 28.7. The molecule has 6 nitrogen and oxygen atoms in total. The van der Waals surface area contributed by atoms with Crippen molar-refractivity contribution in [3.8, 4) is 0 Å². The van der Waals surface area contributed by atoms with E-state index in [1.54, 1.807) is 6.20 Å². The summed E-state index contributed by atoms with van der Waals surface area (Å²) in [5, 5.41) is 3.82. The molecule has 3 N–H and O–H groups in total. The molecule has 1 fully saturated rings. The Morgan fingerprint density at radius 2 is 1.84 bits per heavy atom. The maximum Gasteiger partial charge on any atom is 0.240 e. The summed E-state index contributed by atoms with van der Waals surface area (Å²) in [7, 11) is 0. The molecule has 0 radical (unpaired) electrons. The van der Waals surface area contributed by atoms with Gasteiger partial charge in [0.05, 0.1) is 16.1 Å². The van der Waals surface area contributed by atoms with Crippen LogP contribution in [0.2, 0.25) is 10.0 Å². The van der Waals surface area contributed by atoms with E-state index in [2.05, 4.69) is 16.4 Å². The van der Waals surface area contributed by atoms with Gasteiger partial charge in [-0.2, -0.15) is 0 Å². The van der Waals surface area contributed by atoms with Gasteiger partial charge >= 0.3 is 0 Å². The SMILES string of the molecule is NC(=O)[C@H](Cc1ccccc1)NC(=O)CCCOC1CC(c2cccnc2)CC1c1ccc(Cl)c(Cl)c1. The molecule has 0 saturated heterocycles. The van der Waals surface area contributed by atoms with Crippen LogP contribution in [-0.2, 0) is 20.7 Å². The maximum absolute atomic E-state index is 12.5. The van der Waals surface area contributed by atoms with E-state index in [0.717, 1.165) is 24.0 Å². The first-order chi connectivity index (χ1) is 17.9. The van der Waals surface area contributed by atoms with Crippen molar-refractivity contribution < 1.29 is 14.3 Å². The molecule has 0 bridgehead atoms. The topological polar surface area (TPSA) is 94.3 Å². The number of benzene rings is 2. The molecule has 37 heavy (non-hydrogen) atoms. The van der Waals surface area contributed by atoms with Crippen LogP contribution in [0.5, 0.6) is 0 Å². The van der Waals surface area contributed by atoms with Crippen molar-refractivity contribution in [2.24, 2.45) is 5.73 Å². The molecule has 1 aliphatic carbocycles. The Morgan fingerprint density at radius 1 is 1.03 bits per heavy atom. The van der Waals surface area contributed by atoms with Gasteiger partial charge in [-0.1, -0.05) is 65.7 Å². The van der Waals surface area contributed by atoms with E-state index in [4.69, 9.17) is 33.7 Å². The summed E-state index contributed by atoms with van der Waals surface area (Å²) in [6.07, 6.45) is 6.56. The molecule has 3 unspecified atom stereocenters. The molecule has 2 aromatic carbocycles. The molecule has 2 amide bonds. The molecule has 1 saturated carbocycles. The lowest BCUT2D eigenvalue weighted by Crippen LogP contribution is -2.45. The second kappa shape index (κ2) is 13.0. The van der Waals surface area contributed by atoms with E-state index in [1.807, 2.05) is 60.8 Å². The molecule has 1 aromatic heterocycles. The Hall–Kier alpha value is -2.93. The fourth-order valence-electron chi connectivity index (χ4n) is 4.97. The minimum atomic E-state index is -0.745. The summed E-state index contributed by atoms with van der Waals surface area (Å²) in [5.74, 6) is -0.302. The number of nitrogens with two attached hydrogens (primary N) is 1. The van der Waals surface area contributed by atoms with Crippen molar-refractivity contribution in [3.63, 3.8) is 0 Å². The zero-order valence-electron chi connectivity index (χ0n) is 20.5. The second-order valence-corrected chi connectivity index (χ2v) is 10.3. The van der Waals surface area contributed by atoms with Crippen molar-refractivity contribution in [2.75, 3.05) is 6.61 Å². The fourth-order valence-corrected chi connectivity index (χ4v) is 5.28. The van der Waals surface area contributed by atoms with Crippen LogP contribution in [0.1, 0.15) is 54.2 Å². The molecule has 4 atom stereocenters. The van der Waals surface area contributed by atoms with E-state index in [9.17, 15) is 9.59 Å². The normalized spacial score (nSPS) is 19.9. The fraction of sp³-hybridized carbons (Fsp3) is 0.345. The highest BCUT2D eigenvalue weighted by Crippen LogP contribution is 2.46. The minimum Gasteiger partial charge on any atom is -0.378 e. The zero-order valence-corrected chi connectivity index (χ0v) is 22.0. The Labute approximate surface area is 227 Å². The predicted molar refractivity (Wildman–Crippen MR) is 146 cm³/mol. The second-order valence-electron chi connectivity index (χ2n) is 9.46. The van der Waals surface area contributed by atoms with E-state index in [1.165, 1.54) is 5.56 Å². The first kappa shape index (κ1) is 27.1. The Morgan fingerprint density at radius 3 is 2.54 bits per heavy atom. The number of hydrogen-bond acceptors (Lipinski definition) is 4. The lowest BCUT2D eigenvalue weighted by Gasteiger charge is -2.21. The standard InChI is InChI=1S/C29H31Cl2N3O3/c30-24-11-10-20(16-25(24)31)23-15-22(21-8-4-12-33-18-21)17-27(23)37-13-5-9-28(35)34-26(29(32)36)14-19-6-2-1-3-7-19/h1-4,6-8,10-12,16,18,22-23,26-27H,5,9,13-15,17H2,(H2,32,36)(H,34,35)/t22?,23?,26-,27?/m0/s1. The summed E-state index contributed by atoms with van der Waals surface area (Å²) >= 11 is 12.5. The van der Waals surface area contributed by atoms with Crippen LogP contribution in [-0.4, -0.2) is 35.6 Å². The molecule has 1 aliphatic rings. The van der Waals surface area contributed by atoms with Crippen molar-refractivity contribution in [3.05, 3.63) is 99.8 Å². The van der Waals surface area contributed by atoms with Crippen LogP contribution in [0.15, 0.2) is 73.1 Å². The molecule has 1 heterocycles. The van der Waals surface area contributed by atoms with Crippen LogP contribution in [0, 0.1) is 0 Å². The number of nitrogens with one attached hydrogen (secondary N) is 1. The lowest BCUT2D eigenvalue weighted by atomic mass is 9.93. The number of ether oxygens (including phenoxy) is 1. The van der Waals surface area contributed by atoms with Crippen molar-refractivity contribution in [2.45, 2.75) is 56.1 Å². The number of amides is 2. The molecule has 194 valence electrons. The van der Waals surface area contributed by atoms with Gasteiger partial charge in [0.2, 0.25) is 11.8 Å². The van der Waals surface area contributed by atoms with Gasteiger partial charge in [-0.05, 0) is 60.1 Å². The number of aromatic nitrogens is 1. The third-order valence-electron chi connectivity index (χ3n) is 6.87. The molecular weight excluding hydrogens is 509 g/mol. The average Bonchev–Trinajstić information content (AvgIpc) is 3.33. The highest BCUT2D eigenvalue weighted by molar-refractivity contribution is 6.42. The predicted octanol–water partition coefficient (Wildman–Crippen LogP) is 5.43. The van der Waals surface area contributed by atoms with E-state index in [0.29, 0.717) is 35.4 Å². The summed E-state index contributed by atoms with van der Waals surface area (Å²) in [6.45, 7) is 0.426. The van der Waals surface area contributed by atoms with Crippen LogP contribution < -0.4 is 11.1 Å². The number of rotatable bonds is 11. The Balaban J connectivity index is 1.32. The van der Waals surface area contributed by atoms with Gasteiger partial charge in [-0.15, -0.1) is 0 Å². The monoisotopic (exact) mass is 539 g/mol. The number of primary amides is 1. The molecule has 0 spiro atoms. The first-order valence-electron chi connectivity index (χ1n) is 12.5. The van der Waals surface area contributed by atoms with E-state index in [-0.39, 0.29) is 24.3 Å². The van der Waals surface area contributed by atoms with Crippen LogP contribution in [0.25, 0.3) is 0 Å². The van der Waals surface area contributed by atoms with Gasteiger partial charge in [-0.25, -0.2) is 0 Å². The molecule has 3 aromatic rings. The van der Waals surface area contributed by atoms with Crippen molar-refractivity contribution in [1.82, 2.24) is 10.3 Å². The molecule has 4 rings (SSSR count). The summed E-state index contributed by atoms with van der Waals surface area (Å²) in [6, 6.07) is 18.5. The lowest BCUT2D eigenvalue weighted by molar-refractivity contribution is -0.127. The maximum atomic E-state index is 12.5. The molecular formula is C29H31Cl2N3O3. The average molecular weight is 540 g/mol. The first-order valence-corrected chi connectivity index (χ1v) is 13.3. The number of nitrogens with zero attached hydrogens (tertiary/aromatic N) is 1. The van der Waals surface area contributed by atoms with Gasteiger partial charge in [-0.3, -0.25) is 14.6 Å². The number of halogens is 2. The number of hydrogen-bond donors (Lipinski definition) is 2. The smallest absolute Gasteiger partial charge is 0.240 e. The summed E-state index contributed by atoms with van der Waals surface area (Å²) in [5.41, 5.74) is 8.74. The third kappa shape index (κ3) is 7.54. The quantitative estimate of drug-likeness (QED) is 0.317. The minimum absolute atomic E-state index is 0.0260.